The van der Waals surface area contributed by atoms with Gasteiger partial charge in [-0.1, -0.05) is 37.6 Å². The third-order valence-electron chi connectivity index (χ3n) is 5.70. The standard InChI is InChI=1S/C22H29N3O3/c1-14(2)11-17-19(22(17,3)4)20(27)24-12-15-5-7-16(8-6-15)21(28)25-10-9-23-18(26)13-25/h5-8,11,17,19H,9-10,12-13H2,1-4H3,(H,23,26)(H,24,27)/t17-,19+/m1/s1. The largest absolute Gasteiger partial charge is 0.353 e. The quantitative estimate of drug-likeness (QED) is 0.765. The molecule has 0 bridgehead atoms. The van der Waals surface area contributed by atoms with Crippen LogP contribution in [0.1, 0.15) is 43.6 Å². The fourth-order valence-corrected chi connectivity index (χ4v) is 3.91. The van der Waals surface area contributed by atoms with E-state index >= 15 is 0 Å². The molecule has 1 heterocycles. The van der Waals surface area contributed by atoms with Crippen LogP contribution in [0.4, 0.5) is 0 Å². The van der Waals surface area contributed by atoms with Gasteiger partial charge < -0.3 is 15.5 Å². The predicted octanol–water partition coefficient (Wildman–Crippen LogP) is 2.11. The number of hydrogen-bond acceptors (Lipinski definition) is 3. The highest BCUT2D eigenvalue weighted by Gasteiger charge is 2.60. The molecule has 3 rings (SSSR count). The summed E-state index contributed by atoms with van der Waals surface area (Å²) in [7, 11) is 0. The zero-order valence-corrected chi connectivity index (χ0v) is 17.0. The first-order valence-corrected chi connectivity index (χ1v) is 9.78. The Balaban J connectivity index is 1.55. The maximum atomic E-state index is 12.6. The number of rotatable bonds is 5. The van der Waals surface area contributed by atoms with Gasteiger partial charge in [0.1, 0.15) is 0 Å². The topological polar surface area (TPSA) is 78.5 Å². The van der Waals surface area contributed by atoms with E-state index in [-0.39, 0.29) is 35.6 Å². The van der Waals surface area contributed by atoms with Crippen molar-refractivity contribution in [3.8, 4) is 0 Å². The minimum absolute atomic E-state index is 0.00162. The molecule has 1 aliphatic carbocycles. The van der Waals surface area contributed by atoms with E-state index in [1.54, 1.807) is 17.0 Å². The summed E-state index contributed by atoms with van der Waals surface area (Å²) in [6, 6.07) is 7.21. The Morgan fingerprint density at radius 2 is 1.93 bits per heavy atom. The van der Waals surface area contributed by atoms with Crippen LogP contribution >= 0.6 is 0 Å². The summed E-state index contributed by atoms with van der Waals surface area (Å²) in [4.78, 5) is 38.0. The van der Waals surface area contributed by atoms with Gasteiger partial charge in [-0.3, -0.25) is 14.4 Å². The molecule has 2 fully saturated rings. The van der Waals surface area contributed by atoms with Crippen molar-refractivity contribution in [3.63, 3.8) is 0 Å². The summed E-state index contributed by atoms with van der Waals surface area (Å²) in [6.07, 6.45) is 2.19. The van der Waals surface area contributed by atoms with E-state index in [0.717, 1.165) is 5.56 Å². The van der Waals surface area contributed by atoms with Crippen LogP contribution in [0.25, 0.3) is 0 Å². The molecular formula is C22H29N3O3. The van der Waals surface area contributed by atoms with Crippen LogP contribution in [-0.2, 0) is 16.1 Å². The van der Waals surface area contributed by atoms with Crippen LogP contribution in [0, 0.1) is 17.3 Å². The molecule has 1 aromatic carbocycles. The Morgan fingerprint density at radius 1 is 1.25 bits per heavy atom. The van der Waals surface area contributed by atoms with Crippen molar-refractivity contribution in [3.05, 3.63) is 47.0 Å². The Hall–Kier alpha value is -2.63. The maximum absolute atomic E-state index is 12.6. The zero-order chi connectivity index (χ0) is 20.5. The van der Waals surface area contributed by atoms with Crippen molar-refractivity contribution in [1.29, 1.82) is 0 Å². The smallest absolute Gasteiger partial charge is 0.254 e. The lowest BCUT2D eigenvalue weighted by Gasteiger charge is -2.26. The van der Waals surface area contributed by atoms with Crippen molar-refractivity contribution in [2.24, 2.45) is 17.3 Å². The molecule has 2 N–H and O–H groups in total. The van der Waals surface area contributed by atoms with Gasteiger partial charge in [0.05, 0.1) is 12.5 Å². The van der Waals surface area contributed by atoms with Crippen LogP contribution < -0.4 is 10.6 Å². The fraction of sp³-hybridized carbons (Fsp3) is 0.500. The number of nitrogens with one attached hydrogen (secondary N) is 2. The Labute approximate surface area is 166 Å². The number of carbonyl (C=O) groups excluding carboxylic acids is 3. The van der Waals surface area contributed by atoms with Crippen LogP contribution in [0.15, 0.2) is 35.9 Å². The summed E-state index contributed by atoms with van der Waals surface area (Å²) in [6.45, 7) is 9.91. The van der Waals surface area contributed by atoms with E-state index in [2.05, 4.69) is 44.4 Å². The molecule has 0 radical (unpaired) electrons. The Morgan fingerprint density at radius 3 is 2.54 bits per heavy atom. The van der Waals surface area contributed by atoms with Crippen LogP contribution in [0.5, 0.6) is 0 Å². The number of amides is 3. The minimum Gasteiger partial charge on any atom is -0.353 e. The first kappa shape index (κ1) is 20.1. The summed E-state index contributed by atoms with van der Waals surface area (Å²) >= 11 is 0. The molecule has 0 unspecified atom stereocenters. The van der Waals surface area contributed by atoms with Gasteiger partial charge in [-0.05, 0) is 42.9 Å². The van der Waals surface area contributed by atoms with Gasteiger partial charge in [0.2, 0.25) is 11.8 Å². The highest BCUT2D eigenvalue weighted by molar-refractivity contribution is 5.97. The maximum Gasteiger partial charge on any atom is 0.254 e. The van der Waals surface area contributed by atoms with Gasteiger partial charge in [-0.15, -0.1) is 0 Å². The molecule has 2 atom stereocenters. The van der Waals surface area contributed by atoms with Crippen molar-refractivity contribution < 1.29 is 14.4 Å². The third-order valence-corrected chi connectivity index (χ3v) is 5.70. The average Bonchev–Trinajstić information content (AvgIpc) is 3.18. The molecule has 3 amide bonds. The molecular weight excluding hydrogens is 354 g/mol. The van der Waals surface area contributed by atoms with E-state index in [0.29, 0.717) is 31.1 Å². The van der Waals surface area contributed by atoms with Crippen LogP contribution in [-0.4, -0.2) is 42.3 Å². The molecule has 1 aromatic rings. The summed E-state index contributed by atoms with van der Waals surface area (Å²) in [5, 5.41) is 5.73. The van der Waals surface area contributed by atoms with E-state index in [4.69, 9.17) is 0 Å². The molecule has 6 nitrogen and oxygen atoms in total. The second-order valence-corrected chi connectivity index (χ2v) is 8.56. The normalized spacial score (nSPS) is 22.9. The molecule has 1 saturated heterocycles. The third kappa shape index (κ3) is 4.26. The van der Waals surface area contributed by atoms with Crippen LogP contribution in [0.2, 0.25) is 0 Å². The molecule has 2 aliphatic rings. The van der Waals surface area contributed by atoms with E-state index in [1.807, 2.05) is 12.1 Å². The molecule has 0 spiro atoms. The second kappa shape index (κ2) is 7.78. The van der Waals surface area contributed by atoms with Gasteiger partial charge in [0.15, 0.2) is 0 Å². The van der Waals surface area contributed by atoms with Crippen molar-refractivity contribution >= 4 is 17.7 Å². The van der Waals surface area contributed by atoms with Gasteiger partial charge >= 0.3 is 0 Å². The molecule has 28 heavy (non-hydrogen) atoms. The van der Waals surface area contributed by atoms with Gasteiger partial charge in [-0.2, -0.15) is 0 Å². The van der Waals surface area contributed by atoms with Crippen molar-refractivity contribution in [1.82, 2.24) is 15.5 Å². The van der Waals surface area contributed by atoms with E-state index in [9.17, 15) is 14.4 Å². The molecule has 1 aliphatic heterocycles. The Bertz CT molecular complexity index is 807. The van der Waals surface area contributed by atoms with E-state index < -0.39 is 0 Å². The lowest BCUT2D eigenvalue weighted by Crippen LogP contribution is -2.49. The molecule has 6 heteroatoms. The number of nitrogens with zero attached hydrogens (tertiary/aromatic N) is 1. The van der Waals surface area contributed by atoms with Gasteiger partial charge in [0.25, 0.3) is 5.91 Å². The molecule has 150 valence electrons. The van der Waals surface area contributed by atoms with E-state index in [1.165, 1.54) is 5.57 Å². The number of benzene rings is 1. The Kier molecular flexibility index (Phi) is 5.59. The SMILES string of the molecule is CC(C)=C[C@@H]1[C@@H](C(=O)NCc2ccc(C(=O)N3CCNC(=O)C3)cc2)C1(C)C. The van der Waals surface area contributed by atoms with Crippen LogP contribution in [0.3, 0.4) is 0 Å². The highest BCUT2D eigenvalue weighted by Crippen LogP contribution is 2.59. The minimum atomic E-state index is -0.144. The predicted molar refractivity (Wildman–Crippen MR) is 107 cm³/mol. The molecule has 1 saturated carbocycles. The second-order valence-electron chi connectivity index (χ2n) is 8.56. The average molecular weight is 383 g/mol. The monoisotopic (exact) mass is 383 g/mol. The number of piperazine rings is 1. The number of hydrogen-bond donors (Lipinski definition) is 2. The lowest BCUT2D eigenvalue weighted by molar-refractivity contribution is -0.124. The highest BCUT2D eigenvalue weighted by atomic mass is 16.2. The number of carbonyl (C=O) groups is 3. The first-order valence-electron chi connectivity index (χ1n) is 9.78. The van der Waals surface area contributed by atoms with Crippen molar-refractivity contribution in [2.75, 3.05) is 19.6 Å². The van der Waals surface area contributed by atoms with Crippen molar-refractivity contribution in [2.45, 2.75) is 34.2 Å². The first-order chi connectivity index (χ1) is 13.2. The molecule has 0 aromatic heterocycles. The lowest BCUT2D eigenvalue weighted by atomic mass is 10.1. The summed E-state index contributed by atoms with van der Waals surface area (Å²) in [5.74, 6) is 0.0998. The van der Waals surface area contributed by atoms with Gasteiger partial charge in [0, 0.05) is 25.2 Å². The zero-order valence-electron chi connectivity index (χ0n) is 17.0. The fourth-order valence-electron chi connectivity index (χ4n) is 3.91. The van der Waals surface area contributed by atoms with Gasteiger partial charge in [-0.25, -0.2) is 0 Å². The summed E-state index contributed by atoms with van der Waals surface area (Å²) in [5.41, 5.74) is 2.73. The number of allylic oxidation sites excluding steroid dienone is 2. The summed E-state index contributed by atoms with van der Waals surface area (Å²) < 4.78 is 0.